The van der Waals surface area contributed by atoms with Crippen LogP contribution in [0.5, 0.6) is 0 Å². The Balaban J connectivity index is 3.35. The molecule has 0 aliphatic rings. The van der Waals surface area contributed by atoms with E-state index in [0.29, 0.717) is 25.9 Å². The highest BCUT2D eigenvalue weighted by atomic mass is 16.5. The third-order valence-corrected chi connectivity index (χ3v) is 13.7. The van der Waals surface area contributed by atoms with Crippen LogP contribution in [0.3, 0.4) is 0 Å². The molecular formula is C57H113NO5. The minimum absolute atomic E-state index is 0.0147. The first-order valence-electron chi connectivity index (χ1n) is 28.8. The van der Waals surface area contributed by atoms with E-state index in [1.807, 2.05) is 0 Å². The maximum absolute atomic E-state index is 12.4. The lowest BCUT2D eigenvalue weighted by Crippen LogP contribution is -2.45. The van der Waals surface area contributed by atoms with Gasteiger partial charge < -0.3 is 20.3 Å². The van der Waals surface area contributed by atoms with Crippen LogP contribution in [0.25, 0.3) is 0 Å². The number of aliphatic hydroxyl groups excluding tert-OH is 2. The summed E-state index contributed by atoms with van der Waals surface area (Å²) in [5.41, 5.74) is 0. The predicted octanol–water partition coefficient (Wildman–Crippen LogP) is 17.5. The van der Waals surface area contributed by atoms with Gasteiger partial charge in [-0.25, -0.2) is 0 Å². The zero-order chi connectivity index (χ0) is 45.8. The van der Waals surface area contributed by atoms with Crippen LogP contribution in [-0.2, 0) is 14.3 Å². The molecular weight excluding hydrogens is 779 g/mol. The first kappa shape index (κ1) is 61.9. The molecule has 376 valence electrons. The van der Waals surface area contributed by atoms with Crippen LogP contribution in [0.4, 0.5) is 0 Å². The van der Waals surface area contributed by atoms with E-state index in [0.717, 1.165) is 38.5 Å². The molecule has 0 aliphatic carbocycles. The Morgan fingerprint density at radius 2 is 0.651 bits per heavy atom. The number of amides is 1. The van der Waals surface area contributed by atoms with Crippen molar-refractivity contribution >= 4 is 11.9 Å². The number of ether oxygens (including phenoxy) is 1. The molecule has 0 aromatic carbocycles. The standard InChI is InChI=1S/C57H113NO5/c1-3-5-7-9-11-13-15-30-33-37-41-45-49-55(60)54(53-59)58-56(61)50-46-42-38-34-31-27-25-23-21-19-17-16-18-20-22-24-26-28-32-36-40-44-48-52-63-57(62)51-47-43-39-35-29-14-12-10-8-6-4-2/h54-55,59-60H,3-53H2,1-2H3,(H,58,61). The van der Waals surface area contributed by atoms with E-state index in [9.17, 15) is 19.8 Å². The van der Waals surface area contributed by atoms with Crippen LogP contribution in [0, 0.1) is 0 Å². The molecule has 0 aromatic rings. The number of aliphatic hydroxyl groups is 2. The molecule has 1 amide bonds. The SMILES string of the molecule is CCCCCCCCCCCCCCC(O)C(CO)NC(=O)CCCCCCCCCCCCCCCCCCCCCCCCCOC(=O)CCCCCCCCCCCCC. The van der Waals surface area contributed by atoms with Crippen LogP contribution in [0.1, 0.15) is 328 Å². The first-order chi connectivity index (χ1) is 31.0. The van der Waals surface area contributed by atoms with Crippen molar-refractivity contribution in [2.75, 3.05) is 13.2 Å². The summed E-state index contributed by atoms with van der Waals surface area (Å²) >= 11 is 0. The van der Waals surface area contributed by atoms with Crippen molar-refractivity contribution in [2.45, 2.75) is 341 Å². The number of carbonyl (C=O) groups is 2. The summed E-state index contributed by atoms with van der Waals surface area (Å²) in [4.78, 5) is 24.4. The van der Waals surface area contributed by atoms with E-state index in [-0.39, 0.29) is 18.5 Å². The molecule has 0 aliphatic heterocycles. The molecule has 3 N–H and O–H groups in total. The second-order valence-electron chi connectivity index (χ2n) is 20.0. The van der Waals surface area contributed by atoms with E-state index in [1.54, 1.807) is 0 Å². The zero-order valence-electron chi connectivity index (χ0n) is 42.8. The number of carbonyl (C=O) groups excluding carboxylic acids is 2. The highest BCUT2D eigenvalue weighted by Gasteiger charge is 2.20. The van der Waals surface area contributed by atoms with Crippen LogP contribution in [0.2, 0.25) is 0 Å². The fourth-order valence-electron chi connectivity index (χ4n) is 9.23. The maximum Gasteiger partial charge on any atom is 0.305 e. The molecule has 6 nitrogen and oxygen atoms in total. The van der Waals surface area contributed by atoms with E-state index >= 15 is 0 Å². The lowest BCUT2D eigenvalue weighted by molar-refractivity contribution is -0.143. The summed E-state index contributed by atoms with van der Waals surface area (Å²) in [6, 6.07) is -0.538. The summed E-state index contributed by atoms with van der Waals surface area (Å²) in [6.07, 6.45) is 61.0. The van der Waals surface area contributed by atoms with Crippen molar-refractivity contribution < 1.29 is 24.5 Å². The number of esters is 1. The lowest BCUT2D eigenvalue weighted by atomic mass is 10.0. The average molecular weight is 893 g/mol. The summed E-state index contributed by atoms with van der Waals surface area (Å²) in [5, 5.41) is 23.2. The third kappa shape index (κ3) is 50.1. The molecule has 0 saturated carbocycles. The first-order valence-corrected chi connectivity index (χ1v) is 28.8. The molecule has 0 rings (SSSR count). The van der Waals surface area contributed by atoms with Gasteiger partial charge in [0.05, 0.1) is 25.4 Å². The van der Waals surface area contributed by atoms with Crippen LogP contribution in [-0.4, -0.2) is 47.4 Å². The van der Waals surface area contributed by atoms with Crippen molar-refractivity contribution in [1.82, 2.24) is 5.32 Å². The largest absolute Gasteiger partial charge is 0.466 e. The average Bonchev–Trinajstić information content (AvgIpc) is 3.28. The minimum Gasteiger partial charge on any atom is -0.466 e. The minimum atomic E-state index is -0.661. The summed E-state index contributed by atoms with van der Waals surface area (Å²) in [5.74, 6) is -0.0185. The third-order valence-electron chi connectivity index (χ3n) is 13.7. The smallest absolute Gasteiger partial charge is 0.305 e. The second kappa shape index (κ2) is 53.5. The number of nitrogens with one attached hydrogen (secondary N) is 1. The van der Waals surface area contributed by atoms with Gasteiger partial charge in [0, 0.05) is 12.8 Å². The molecule has 63 heavy (non-hydrogen) atoms. The maximum atomic E-state index is 12.4. The predicted molar refractivity (Wildman–Crippen MR) is 274 cm³/mol. The van der Waals surface area contributed by atoms with E-state index < -0.39 is 12.1 Å². The quantitative estimate of drug-likeness (QED) is 0.0418. The fourth-order valence-corrected chi connectivity index (χ4v) is 9.23. The van der Waals surface area contributed by atoms with Crippen molar-refractivity contribution in [2.24, 2.45) is 0 Å². The van der Waals surface area contributed by atoms with Gasteiger partial charge in [-0.3, -0.25) is 9.59 Å². The second-order valence-corrected chi connectivity index (χ2v) is 20.0. The van der Waals surface area contributed by atoms with Crippen LogP contribution < -0.4 is 5.32 Å². The fraction of sp³-hybridized carbons (Fsp3) is 0.965. The van der Waals surface area contributed by atoms with Gasteiger partial charge in [-0.1, -0.05) is 290 Å². The van der Waals surface area contributed by atoms with Gasteiger partial charge in [0.1, 0.15) is 0 Å². The van der Waals surface area contributed by atoms with Crippen molar-refractivity contribution in [1.29, 1.82) is 0 Å². The lowest BCUT2D eigenvalue weighted by Gasteiger charge is -2.22. The van der Waals surface area contributed by atoms with Gasteiger partial charge >= 0.3 is 5.97 Å². The molecule has 0 spiro atoms. The highest BCUT2D eigenvalue weighted by Crippen LogP contribution is 2.18. The molecule has 2 unspecified atom stereocenters. The molecule has 2 atom stereocenters. The van der Waals surface area contributed by atoms with E-state index in [4.69, 9.17) is 4.74 Å². The van der Waals surface area contributed by atoms with Crippen LogP contribution >= 0.6 is 0 Å². The van der Waals surface area contributed by atoms with Gasteiger partial charge in [0.15, 0.2) is 0 Å². The van der Waals surface area contributed by atoms with Gasteiger partial charge in [-0.05, 0) is 25.7 Å². The Labute approximate surface area is 394 Å². The summed E-state index contributed by atoms with van der Waals surface area (Å²) in [6.45, 7) is 4.96. The molecule has 0 saturated heterocycles. The molecule has 0 heterocycles. The molecule has 0 fully saturated rings. The Morgan fingerprint density at radius 3 is 0.968 bits per heavy atom. The Hall–Kier alpha value is -1.14. The van der Waals surface area contributed by atoms with Gasteiger partial charge in [-0.15, -0.1) is 0 Å². The molecule has 0 bridgehead atoms. The van der Waals surface area contributed by atoms with Crippen molar-refractivity contribution in [3.63, 3.8) is 0 Å². The molecule has 0 aromatic heterocycles. The number of unbranched alkanes of at least 4 members (excludes halogenated alkanes) is 43. The summed E-state index contributed by atoms with van der Waals surface area (Å²) < 4.78 is 5.46. The molecule has 6 heteroatoms. The van der Waals surface area contributed by atoms with Crippen molar-refractivity contribution in [3.05, 3.63) is 0 Å². The van der Waals surface area contributed by atoms with E-state index in [1.165, 1.54) is 257 Å². The Morgan fingerprint density at radius 1 is 0.381 bits per heavy atom. The monoisotopic (exact) mass is 892 g/mol. The van der Waals surface area contributed by atoms with Crippen LogP contribution in [0.15, 0.2) is 0 Å². The van der Waals surface area contributed by atoms with Crippen molar-refractivity contribution in [3.8, 4) is 0 Å². The number of hydrogen-bond acceptors (Lipinski definition) is 5. The molecule has 0 radical (unpaired) electrons. The highest BCUT2D eigenvalue weighted by molar-refractivity contribution is 5.76. The van der Waals surface area contributed by atoms with Gasteiger partial charge in [0.2, 0.25) is 5.91 Å². The van der Waals surface area contributed by atoms with Gasteiger partial charge in [-0.2, -0.15) is 0 Å². The normalized spacial score (nSPS) is 12.5. The zero-order valence-corrected chi connectivity index (χ0v) is 42.8. The Bertz CT molecular complexity index is 898. The number of hydrogen-bond donors (Lipinski definition) is 3. The summed E-state index contributed by atoms with van der Waals surface area (Å²) in [7, 11) is 0. The topological polar surface area (TPSA) is 95.9 Å². The Kier molecular flexibility index (Phi) is 52.5. The number of rotatable bonds is 54. The van der Waals surface area contributed by atoms with Gasteiger partial charge in [0.25, 0.3) is 0 Å². The van der Waals surface area contributed by atoms with E-state index in [2.05, 4.69) is 19.2 Å².